The second-order valence-corrected chi connectivity index (χ2v) is 7.50. The number of nitrogens with one attached hydrogen (secondary N) is 1. The van der Waals surface area contributed by atoms with Crippen molar-refractivity contribution in [3.05, 3.63) is 24.0 Å². The van der Waals surface area contributed by atoms with Gasteiger partial charge in [-0.2, -0.15) is 8.78 Å². The summed E-state index contributed by atoms with van der Waals surface area (Å²) in [4.78, 5) is 12.9. The van der Waals surface area contributed by atoms with Gasteiger partial charge in [-0.15, -0.1) is 0 Å². The Morgan fingerprint density at radius 1 is 1.31 bits per heavy atom. The first kappa shape index (κ1) is 19.0. The molecule has 1 saturated carbocycles. The highest BCUT2D eigenvalue weighted by Crippen LogP contribution is 2.30. The number of halogens is 2. The Kier molecular flexibility index (Phi) is 6.03. The monoisotopic (exact) mass is 367 g/mol. The highest BCUT2D eigenvalue weighted by Gasteiger charge is 2.32. The predicted molar refractivity (Wildman–Crippen MR) is 97.5 cm³/mol. The highest BCUT2D eigenvalue weighted by molar-refractivity contribution is 5.50. The number of allylic oxidation sites excluding steroid dienone is 1. The number of anilines is 2. The SMILES string of the molecule is CN(C)C[C@H]1C[C@@H](O)CN1c1cc(NC2CCC(=C(F)F)CC2)ncn1. The fourth-order valence-corrected chi connectivity index (χ4v) is 3.86. The molecule has 2 aliphatic rings. The molecule has 1 saturated heterocycles. The number of aliphatic hydroxyl groups is 1. The van der Waals surface area contributed by atoms with E-state index in [1.54, 1.807) is 0 Å². The number of aromatic nitrogens is 2. The minimum atomic E-state index is -1.52. The van der Waals surface area contributed by atoms with Crippen LogP contribution in [0.5, 0.6) is 0 Å². The van der Waals surface area contributed by atoms with E-state index in [9.17, 15) is 13.9 Å². The second kappa shape index (κ2) is 8.26. The van der Waals surface area contributed by atoms with Crippen molar-refractivity contribution in [2.24, 2.45) is 0 Å². The molecule has 2 fully saturated rings. The Bertz CT molecular complexity index is 640. The lowest BCUT2D eigenvalue weighted by Gasteiger charge is -2.28. The quantitative estimate of drug-likeness (QED) is 0.834. The van der Waals surface area contributed by atoms with Gasteiger partial charge in [0, 0.05) is 31.2 Å². The smallest absolute Gasteiger partial charge is 0.269 e. The summed E-state index contributed by atoms with van der Waals surface area (Å²) in [5.41, 5.74) is 0.281. The van der Waals surface area contributed by atoms with E-state index in [0.717, 1.165) is 18.8 Å². The maximum Gasteiger partial charge on any atom is 0.269 e. The summed E-state index contributed by atoms with van der Waals surface area (Å²) in [6, 6.07) is 2.24. The topological polar surface area (TPSA) is 64.5 Å². The molecular formula is C18H27F2N5O. The van der Waals surface area contributed by atoms with Gasteiger partial charge in [0.05, 0.1) is 6.10 Å². The lowest BCUT2D eigenvalue weighted by Crippen LogP contribution is -2.38. The summed E-state index contributed by atoms with van der Waals surface area (Å²) in [5.74, 6) is 1.50. The van der Waals surface area contributed by atoms with Gasteiger partial charge in [0.1, 0.15) is 18.0 Å². The molecule has 1 aromatic heterocycles. The average molecular weight is 367 g/mol. The summed E-state index contributed by atoms with van der Waals surface area (Å²) in [7, 11) is 4.03. The molecule has 8 heteroatoms. The fourth-order valence-electron chi connectivity index (χ4n) is 3.86. The van der Waals surface area contributed by atoms with Gasteiger partial charge in [-0.05, 0) is 51.8 Å². The predicted octanol–water partition coefficient (Wildman–Crippen LogP) is 2.48. The summed E-state index contributed by atoms with van der Waals surface area (Å²) < 4.78 is 25.3. The van der Waals surface area contributed by atoms with E-state index in [4.69, 9.17) is 0 Å². The van der Waals surface area contributed by atoms with Crippen molar-refractivity contribution in [3.63, 3.8) is 0 Å². The van der Waals surface area contributed by atoms with Gasteiger partial charge in [-0.1, -0.05) is 0 Å². The molecule has 1 aliphatic carbocycles. The lowest BCUT2D eigenvalue weighted by atomic mass is 9.91. The van der Waals surface area contributed by atoms with Gasteiger partial charge in [0.25, 0.3) is 6.08 Å². The molecule has 0 bridgehead atoms. The zero-order valence-corrected chi connectivity index (χ0v) is 15.3. The number of hydrogen-bond donors (Lipinski definition) is 2. The third-order valence-corrected chi connectivity index (χ3v) is 5.12. The van der Waals surface area contributed by atoms with Crippen LogP contribution < -0.4 is 10.2 Å². The van der Waals surface area contributed by atoms with Crippen LogP contribution in [0, 0.1) is 0 Å². The van der Waals surface area contributed by atoms with Crippen molar-refractivity contribution in [2.75, 3.05) is 37.4 Å². The highest BCUT2D eigenvalue weighted by atomic mass is 19.3. The molecule has 26 heavy (non-hydrogen) atoms. The van der Waals surface area contributed by atoms with Crippen LogP contribution >= 0.6 is 0 Å². The molecule has 0 spiro atoms. The van der Waals surface area contributed by atoms with Gasteiger partial charge in [0.15, 0.2) is 0 Å². The van der Waals surface area contributed by atoms with Gasteiger partial charge < -0.3 is 20.2 Å². The van der Waals surface area contributed by atoms with Crippen LogP contribution in [0.25, 0.3) is 0 Å². The standard InChI is InChI=1S/C18H27F2N5O/c1-24(2)9-14-7-15(26)10-25(14)17-8-16(21-11-22-17)23-13-5-3-12(4-6-13)18(19)20/h8,11,13-15,26H,3-7,9-10H2,1-2H3,(H,21,22,23)/t14-,15-/m1/s1. The van der Waals surface area contributed by atoms with Crippen LogP contribution in [-0.2, 0) is 0 Å². The number of aliphatic hydroxyl groups excluding tert-OH is 1. The van der Waals surface area contributed by atoms with E-state index in [1.807, 2.05) is 20.2 Å². The van der Waals surface area contributed by atoms with Crippen LogP contribution in [-0.4, -0.2) is 65.3 Å². The minimum Gasteiger partial charge on any atom is -0.391 e. The molecule has 0 aromatic carbocycles. The van der Waals surface area contributed by atoms with Crippen LogP contribution in [0.2, 0.25) is 0 Å². The third kappa shape index (κ3) is 4.67. The summed E-state index contributed by atoms with van der Waals surface area (Å²) in [6.45, 7) is 1.40. The maximum absolute atomic E-state index is 12.7. The first-order valence-electron chi connectivity index (χ1n) is 9.13. The van der Waals surface area contributed by atoms with Gasteiger partial charge in [-0.3, -0.25) is 0 Å². The van der Waals surface area contributed by atoms with Crippen LogP contribution in [0.15, 0.2) is 24.0 Å². The largest absolute Gasteiger partial charge is 0.391 e. The fraction of sp³-hybridized carbons (Fsp3) is 0.667. The Hall–Kier alpha value is -1.80. The molecule has 0 amide bonds. The first-order valence-corrected chi connectivity index (χ1v) is 9.13. The number of hydrogen-bond acceptors (Lipinski definition) is 6. The molecule has 2 N–H and O–H groups in total. The number of rotatable bonds is 5. The molecule has 3 rings (SSSR count). The Labute approximate surface area is 152 Å². The molecule has 6 nitrogen and oxygen atoms in total. The Balaban J connectivity index is 1.66. The second-order valence-electron chi connectivity index (χ2n) is 7.50. The summed E-state index contributed by atoms with van der Waals surface area (Å²) in [5, 5.41) is 13.4. The van der Waals surface area contributed by atoms with E-state index >= 15 is 0 Å². The molecule has 1 aromatic rings. The lowest BCUT2D eigenvalue weighted by molar-refractivity contribution is 0.191. The van der Waals surface area contributed by atoms with Gasteiger partial charge in [0.2, 0.25) is 0 Å². The van der Waals surface area contributed by atoms with Crippen molar-refractivity contribution in [1.29, 1.82) is 0 Å². The van der Waals surface area contributed by atoms with Crippen molar-refractivity contribution >= 4 is 11.6 Å². The van der Waals surface area contributed by atoms with Crippen molar-refractivity contribution in [2.45, 2.75) is 50.3 Å². The summed E-state index contributed by atoms with van der Waals surface area (Å²) >= 11 is 0. The molecule has 0 radical (unpaired) electrons. The van der Waals surface area contributed by atoms with Crippen molar-refractivity contribution in [3.8, 4) is 0 Å². The Morgan fingerprint density at radius 3 is 2.69 bits per heavy atom. The van der Waals surface area contributed by atoms with Crippen LogP contribution in [0.4, 0.5) is 20.4 Å². The van der Waals surface area contributed by atoms with E-state index in [2.05, 4.69) is 25.1 Å². The van der Waals surface area contributed by atoms with E-state index < -0.39 is 6.08 Å². The van der Waals surface area contributed by atoms with Crippen molar-refractivity contribution in [1.82, 2.24) is 14.9 Å². The third-order valence-electron chi connectivity index (χ3n) is 5.12. The van der Waals surface area contributed by atoms with E-state index in [1.165, 1.54) is 6.33 Å². The first-order chi connectivity index (χ1) is 12.4. The molecular weight excluding hydrogens is 340 g/mol. The molecule has 0 unspecified atom stereocenters. The van der Waals surface area contributed by atoms with E-state index in [-0.39, 0.29) is 23.8 Å². The molecule has 1 aliphatic heterocycles. The van der Waals surface area contributed by atoms with Gasteiger partial charge >= 0.3 is 0 Å². The molecule has 2 atom stereocenters. The van der Waals surface area contributed by atoms with E-state index in [0.29, 0.717) is 38.0 Å². The van der Waals surface area contributed by atoms with Gasteiger partial charge in [-0.25, -0.2) is 9.97 Å². The Morgan fingerprint density at radius 2 is 2.04 bits per heavy atom. The maximum atomic E-state index is 12.7. The molecule has 144 valence electrons. The zero-order chi connectivity index (χ0) is 18.7. The minimum absolute atomic E-state index is 0.141. The average Bonchev–Trinajstić information content (AvgIpc) is 2.95. The normalized spacial score (nSPS) is 26.5. The number of likely N-dealkylation sites (N-methyl/N-ethyl adjacent to an activating group) is 1. The zero-order valence-electron chi connectivity index (χ0n) is 15.3. The van der Waals surface area contributed by atoms with Crippen LogP contribution in [0.1, 0.15) is 32.1 Å². The van der Waals surface area contributed by atoms with Crippen molar-refractivity contribution < 1.29 is 13.9 Å². The summed E-state index contributed by atoms with van der Waals surface area (Å²) in [6.07, 6.45) is 2.58. The number of β-amino-alcohol motifs (C(OH)–C–C–N with tert-alkyl or cyclic N) is 1. The molecule has 2 heterocycles. The number of nitrogens with zero attached hydrogens (tertiary/aromatic N) is 4. The van der Waals surface area contributed by atoms with Crippen LogP contribution in [0.3, 0.4) is 0 Å².